The Kier molecular flexibility index (Phi) is 3.65. The van der Waals surface area contributed by atoms with Crippen molar-refractivity contribution in [2.45, 2.75) is 36.6 Å². The van der Waals surface area contributed by atoms with Crippen molar-refractivity contribution in [2.24, 2.45) is 17.8 Å². The van der Waals surface area contributed by atoms with Crippen molar-refractivity contribution in [1.82, 2.24) is 4.72 Å². The molecule has 2 aliphatic carbocycles. The maximum absolute atomic E-state index is 12.4. The molecule has 108 valence electrons. The van der Waals surface area contributed by atoms with Gasteiger partial charge in [0.25, 0.3) is 0 Å². The second-order valence-corrected chi connectivity index (χ2v) is 7.57. The third kappa shape index (κ3) is 2.40. The van der Waals surface area contributed by atoms with E-state index in [1.807, 2.05) is 0 Å². The number of hydrogen-bond acceptors (Lipinski definition) is 3. The topological polar surface area (TPSA) is 63.2 Å². The van der Waals surface area contributed by atoms with E-state index in [1.54, 1.807) is 30.3 Å². The zero-order valence-corrected chi connectivity index (χ0v) is 12.1. The Hall–Kier alpha value is -1.20. The van der Waals surface area contributed by atoms with Crippen LogP contribution in [0, 0.1) is 17.8 Å². The van der Waals surface area contributed by atoms with Crippen molar-refractivity contribution in [1.29, 1.82) is 0 Å². The van der Waals surface area contributed by atoms with Crippen LogP contribution in [-0.2, 0) is 14.8 Å². The quantitative estimate of drug-likeness (QED) is 0.844. The molecule has 0 aliphatic heterocycles. The average molecular weight is 293 g/mol. The molecule has 3 rings (SSSR count). The number of fused-ring (bicyclic) bond motifs is 2. The van der Waals surface area contributed by atoms with E-state index in [2.05, 4.69) is 4.72 Å². The number of carbonyl (C=O) groups excluding carboxylic acids is 1. The van der Waals surface area contributed by atoms with E-state index in [0.717, 1.165) is 25.5 Å². The summed E-state index contributed by atoms with van der Waals surface area (Å²) >= 11 is 0. The molecule has 0 amide bonds. The molecule has 1 aromatic carbocycles. The summed E-state index contributed by atoms with van der Waals surface area (Å²) in [5.74, 6) is 1.07. The molecular weight excluding hydrogens is 274 g/mol. The normalized spacial score (nSPS) is 32.4. The fourth-order valence-corrected chi connectivity index (χ4v) is 5.27. The van der Waals surface area contributed by atoms with Gasteiger partial charge in [-0.3, -0.25) is 0 Å². The third-order valence-electron chi connectivity index (χ3n) is 4.80. The summed E-state index contributed by atoms with van der Waals surface area (Å²) < 4.78 is 27.7. The predicted molar refractivity (Wildman–Crippen MR) is 75.6 cm³/mol. The molecule has 5 heteroatoms. The SMILES string of the molecule is O=CC[C@H]1[C@@H]2CC[C@@H](C2)[C@@H]1NS(=O)(=O)c1ccccc1. The van der Waals surface area contributed by atoms with E-state index >= 15 is 0 Å². The Morgan fingerprint density at radius 1 is 1.15 bits per heavy atom. The Labute approximate surface area is 119 Å². The lowest BCUT2D eigenvalue weighted by atomic mass is 9.83. The number of nitrogens with one attached hydrogen (secondary N) is 1. The van der Waals surface area contributed by atoms with Crippen LogP contribution >= 0.6 is 0 Å². The van der Waals surface area contributed by atoms with Crippen molar-refractivity contribution in [3.8, 4) is 0 Å². The second-order valence-electron chi connectivity index (χ2n) is 5.86. The molecular formula is C15H19NO3S. The van der Waals surface area contributed by atoms with Gasteiger partial charge in [0.15, 0.2) is 0 Å². The molecule has 0 spiro atoms. The highest BCUT2D eigenvalue weighted by atomic mass is 32.2. The van der Waals surface area contributed by atoms with E-state index in [9.17, 15) is 13.2 Å². The van der Waals surface area contributed by atoms with Crippen LogP contribution in [0.3, 0.4) is 0 Å². The highest BCUT2D eigenvalue weighted by molar-refractivity contribution is 7.89. The van der Waals surface area contributed by atoms with Crippen molar-refractivity contribution in [2.75, 3.05) is 0 Å². The first-order chi connectivity index (χ1) is 9.62. The molecule has 2 bridgehead atoms. The zero-order valence-electron chi connectivity index (χ0n) is 11.2. The minimum Gasteiger partial charge on any atom is -0.303 e. The van der Waals surface area contributed by atoms with E-state index in [4.69, 9.17) is 0 Å². The molecule has 0 radical (unpaired) electrons. The summed E-state index contributed by atoms with van der Waals surface area (Å²) in [5.41, 5.74) is 0. The second kappa shape index (κ2) is 5.30. The molecule has 2 aliphatic rings. The molecule has 0 saturated heterocycles. The maximum atomic E-state index is 12.4. The number of sulfonamides is 1. The standard InChI is InChI=1S/C15H19NO3S/c17-9-8-14-11-6-7-12(10-11)15(14)16-20(18,19)13-4-2-1-3-5-13/h1-5,9,11-12,14-16H,6-8,10H2/t11-,12+,14+,15+/m1/s1. The van der Waals surface area contributed by atoms with Crippen LogP contribution in [0.2, 0.25) is 0 Å². The first-order valence-electron chi connectivity index (χ1n) is 7.13. The van der Waals surface area contributed by atoms with E-state index in [0.29, 0.717) is 23.2 Å². The molecule has 0 aromatic heterocycles. The summed E-state index contributed by atoms with van der Waals surface area (Å²) in [6.45, 7) is 0. The Bertz CT molecular complexity index is 584. The molecule has 4 atom stereocenters. The van der Waals surface area contributed by atoms with Crippen molar-refractivity contribution < 1.29 is 13.2 Å². The number of aldehydes is 1. The Morgan fingerprint density at radius 3 is 2.55 bits per heavy atom. The van der Waals surface area contributed by atoms with E-state index < -0.39 is 10.0 Å². The summed E-state index contributed by atoms with van der Waals surface area (Å²) in [7, 11) is -3.48. The molecule has 2 fully saturated rings. The maximum Gasteiger partial charge on any atom is 0.240 e. The third-order valence-corrected chi connectivity index (χ3v) is 6.28. The van der Waals surface area contributed by atoms with Crippen molar-refractivity contribution in [3.63, 3.8) is 0 Å². The molecule has 20 heavy (non-hydrogen) atoms. The molecule has 0 unspecified atom stereocenters. The fourth-order valence-electron chi connectivity index (χ4n) is 3.89. The lowest BCUT2D eigenvalue weighted by Crippen LogP contribution is -2.44. The van der Waals surface area contributed by atoms with Crippen LogP contribution in [0.4, 0.5) is 0 Å². The first kappa shape index (κ1) is 13.8. The lowest BCUT2D eigenvalue weighted by Gasteiger charge is -2.30. The van der Waals surface area contributed by atoms with Gasteiger partial charge in [0.2, 0.25) is 10.0 Å². The predicted octanol–water partition coefficient (Wildman–Crippen LogP) is 1.97. The van der Waals surface area contributed by atoms with Gasteiger partial charge < -0.3 is 4.79 Å². The molecule has 2 saturated carbocycles. The van der Waals surface area contributed by atoms with Gasteiger partial charge in [0.1, 0.15) is 6.29 Å². The Balaban J connectivity index is 1.81. The van der Waals surface area contributed by atoms with Gasteiger partial charge in [0, 0.05) is 12.5 Å². The van der Waals surface area contributed by atoms with Gasteiger partial charge in [0.05, 0.1) is 4.90 Å². The molecule has 4 nitrogen and oxygen atoms in total. The van der Waals surface area contributed by atoms with E-state index in [-0.39, 0.29) is 12.0 Å². The largest absolute Gasteiger partial charge is 0.303 e. The van der Waals surface area contributed by atoms with Crippen LogP contribution in [0.15, 0.2) is 35.2 Å². The van der Waals surface area contributed by atoms with Gasteiger partial charge in [-0.25, -0.2) is 13.1 Å². The van der Waals surface area contributed by atoms with Gasteiger partial charge in [-0.2, -0.15) is 0 Å². The fraction of sp³-hybridized carbons (Fsp3) is 0.533. The highest BCUT2D eigenvalue weighted by Gasteiger charge is 2.48. The average Bonchev–Trinajstić information content (AvgIpc) is 3.03. The smallest absolute Gasteiger partial charge is 0.240 e. The van der Waals surface area contributed by atoms with Crippen LogP contribution in [0.25, 0.3) is 0 Å². The number of rotatable bonds is 5. The van der Waals surface area contributed by atoms with Crippen LogP contribution in [0.1, 0.15) is 25.7 Å². The van der Waals surface area contributed by atoms with E-state index in [1.165, 1.54) is 0 Å². The number of carbonyl (C=O) groups is 1. The Morgan fingerprint density at radius 2 is 1.85 bits per heavy atom. The number of benzene rings is 1. The molecule has 0 heterocycles. The zero-order chi connectivity index (χ0) is 14.2. The number of hydrogen-bond donors (Lipinski definition) is 1. The van der Waals surface area contributed by atoms with Gasteiger partial charge in [-0.15, -0.1) is 0 Å². The summed E-state index contributed by atoms with van der Waals surface area (Å²) in [4.78, 5) is 11.1. The van der Waals surface area contributed by atoms with Crippen molar-refractivity contribution >= 4 is 16.3 Å². The van der Waals surface area contributed by atoms with Gasteiger partial charge in [-0.1, -0.05) is 18.2 Å². The minimum atomic E-state index is -3.48. The summed E-state index contributed by atoms with van der Waals surface area (Å²) in [5, 5.41) is 0. The van der Waals surface area contributed by atoms with Crippen LogP contribution < -0.4 is 4.72 Å². The first-order valence-corrected chi connectivity index (χ1v) is 8.61. The van der Waals surface area contributed by atoms with Crippen LogP contribution in [-0.4, -0.2) is 20.7 Å². The monoisotopic (exact) mass is 293 g/mol. The van der Waals surface area contributed by atoms with Gasteiger partial charge >= 0.3 is 0 Å². The summed E-state index contributed by atoms with van der Waals surface area (Å²) in [6, 6.07) is 8.36. The van der Waals surface area contributed by atoms with Gasteiger partial charge in [-0.05, 0) is 49.1 Å². The van der Waals surface area contributed by atoms with Crippen LogP contribution in [0.5, 0.6) is 0 Å². The highest BCUT2D eigenvalue weighted by Crippen LogP contribution is 2.49. The molecule has 1 N–H and O–H groups in total. The minimum absolute atomic E-state index is 0.0795. The molecule has 1 aromatic rings. The lowest BCUT2D eigenvalue weighted by molar-refractivity contribution is -0.109. The van der Waals surface area contributed by atoms with Crippen molar-refractivity contribution in [3.05, 3.63) is 30.3 Å². The summed E-state index contributed by atoms with van der Waals surface area (Å²) in [6.07, 6.45) is 4.65.